The summed E-state index contributed by atoms with van der Waals surface area (Å²) in [5.41, 5.74) is 1.27. The second kappa shape index (κ2) is 7.43. The minimum absolute atomic E-state index is 0.123. The maximum Gasteiger partial charge on any atom is 0.0590 e. The van der Waals surface area contributed by atoms with Gasteiger partial charge < -0.3 is 15.3 Å². The second-order valence-corrected chi connectivity index (χ2v) is 4.75. The maximum atomic E-state index is 9.45. The van der Waals surface area contributed by atoms with Crippen LogP contribution in [0.4, 0.5) is 0 Å². The van der Waals surface area contributed by atoms with Crippen molar-refractivity contribution in [3.63, 3.8) is 0 Å². The van der Waals surface area contributed by atoms with Gasteiger partial charge in [0.25, 0.3) is 0 Å². The van der Waals surface area contributed by atoms with Crippen molar-refractivity contribution < 1.29 is 5.11 Å². The first kappa shape index (κ1) is 14.2. The van der Waals surface area contributed by atoms with Crippen LogP contribution < -0.4 is 5.32 Å². The van der Waals surface area contributed by atoms with Crippen LogP contribution in [0.3, 0.4) is 0 Å². The van der Waals surface area contributed by atoms with Gasteiger partial charge in [-0.15, -0.1) is 0 Å². The zero-order valence-electron chi connectivity index (χ0n) is 11.1. The molecule has 1 aromatic carbocycles. The van der Waals surface area contributed by atoms with E-state index in [1.165, 1.54) is 5.56 Å². The highest BCUT2D eigenvalue weighted by molar-refractivity contribution is 5.20. The van der Waals surface area contributed by atoms with Gasteiger partial charge in [-0.05, 0) is 25.6 Å². The molecule has 0 heterocycles. The fourth-order valence-corrected chi connectivity index (χ4v) is 1.86. The maximum absolute atomic E-state index is 9.45. The highest BCUT2D eigenvalue weighted by Gasteiger charge is 2.17. The van der Waals surface area contributed by atoms with E-state index in [4.69, 9.17) is 0 Å². The molecule has 2 unspecified atom stereocenters. The fourth-order valence-electron chi connectivity index (χ4n) is 1.86. The third-order valence-electron chi connectivity index (χ3n) is 3.09. The molecule has 2 N–H and O–H groups in total. The van der Waals surface area contributed by atoms with E-state index in [0.717, 1.165) is 13.1 Å². The van der Waals surface area contributed by atoms with Crippen LogP contribution in [0, 0.1) is 0 Å². The number of rotatable bonds is 7. The summed E-state index contributed by atoms with van der Waals surface area (Å²) >= 11 is 0. The summed E-state index contributed by atoms with van der Waals surface area (Å²) in [5.74, 6) is 0.323. The van der Waals surface area contributed by atoms with E-state index in [1.807, 2.05) is 18.2 Å². The molecule has 1 rings (SSSR count). The molecular formula is C14H24N2O. The first-order chi connectivity index (χ1) is 8.15. The molecule has 0 radical (unpaired) electrons. The molecule has 0 aliphatic heterocycles. The highest BCUT2D eigenvalue weighted by atomic mass is 16.3. The zero-order valence-corrected chi connectivity index (χ0v) is 11.1. The van der Waals surface area contributed by atoms with Crippen LogP contribution in [0.1, 0.15) is 18.4 Å². The summed E-state index contributed by atoms with van der Waals surface area (Å²) in [7, 11) is 4.10. The predicted octanol–water partition coefficient (Wildman–Crippen LogP) is 1.30. The normalized spacial score (nSPS) is 14.9. The van der Waals surface area contributed by atoms with Gasteiger partial charge >= 0.3 is 0 Å². The van der Waals surface area contributed by atoms with E-state index in [2.05, 4.69) is 43.4 Å². The van der Waals surface area contributed by atoms with Crippen LogP contribution >= 0.6 is 0 Å². The van der Waals surface area contributed by atoms with Gasteiger partial charge in [0.2, 0.25) is 0 Å². The van der Waals surface area contributed by atoms with Gasteiger partial charge in [0.05, 0.1) is 6.61 Å². The molecule has 0 aromatic heterocycles. The number of hydrogen-bond acceptors (Lipinski definition) is 3. The highest BCUT2D eigenvalue weighted by Crippen LogP contribution is 2.18. The van der Waals surface area contributed by atoms with Crippen LogP contribution in [0.15, 0.2) is 30.3 Å². The number of nitrogens with zero attached hydrogens (tertiary/aromatic N) is 1. The van der Waals surface area contributed by atoms with Crippen molar-refractivity contribution in [2.24, 2.45) is 0 Å². The van der Waals surface area contributed by atoms with Crippen LogP contribution in [0.25, 0.3) is 0 Å². The molecule has 17 heavy (non-hydrogen) atoms. The predicted molar refractivity (Wildman–Crippen MR) is 72.3 cm³/mol. The summed E-state index contributed by atoms with van der Waals surface area (Å²) in [5, 5.41) is 12.9. The monoisotopic (exact) mass is 236 g/mol. The second-order valence-electron chi connectivity index (χ2n) is 4.75. The van der Waals surface area contributed by atoms with E-state index in [9.17, 15) is 5.11 Å². The quantitative estimate of drug-likeness (QED) is 0.749. The Morgan fingerprint density at radius 3 is 2.41 bits per heavy atom. The lowest BCUT2D eigenvalue weighted by Crippen LogP contribution is -2.40. The Morgan fingerprint density at radius 1 is 1.24 bits per heavy atom. The third kappa shape index (κ3) is 4.86. The van der Waals surface area contributed by atoms with E-state index in [1.54, 1.807) is 0 Å². The van der Waals surface area contributed by atoms with Crippen molar-refractivity contribution in [3.05, 3.63) is 35.9 Å². The van der Waals surface area contributed by atoms with Gasteiger partial charge in [0.15, 0.2) is 0 Å². The van der Waals surface area contributed by atoms with E-state index < -0.39 is 0 Å². The molecule has 0 spiro atoms. The van der Waals surface area contributed by atoms with Crippen LogP contribution in [-0.2, 0) is 0 Å². The average molecular weight is 236 g/mol. The number of aliphatic hydroxyl groups excluding tert-OH is 1. The van der Waals surface area contributed by atoms with Crippen molar-refractivity contribution in [1.82, 2.24) is 10.2 Å². The molecule has 0 bridgehead atoms. The van der Waals surface area contributed by atoms with Crippen molar-refractivity contribution in [3.8, 4) is 0 Å². The lowest BCUT2D eigenvalue weighted by Gasteiger charge is -2.24. The molecule has 0 fully saturated rings. The standard InChI is InChI=1S/C14H24N2O/c1-12(13-7-5-4-6-8-13)14(11-17)15-9-10-16(2)3/h4-8,12,14-15,17H,9-11H2,1-3H3. The summed E-state index contributed by atoms with van der Waals surface area (Å²) in [6, 6.07) is 10.4. The molecule has 2 atom stereocenters. The molecule has 96 valence electrons. The lowest BCUT2D eigenvalue weighted by molar-refractivity contribution is 0.223. The van der Waals surface area contributed by atoms with E-state index in [-0.39, 0.29) is 12.6 Å². The number of hydrogen-bond donors (Lipinski definition) is 2. The molecule has 0 amide bonds. The summed E-state index contributed by atoms with van der Waals surface area (Å²) in [6.07, 6.45) is 0. The minimum Gasteiger partial charge on any atom is -0.395 e. The molecule has 3 nitrogen and oxygen atoms in total. The van der Waals surface area contributed by atoms with Crippen molar-refractivity contribution in [2.75, 3.05) is 33.8 Å². The van der Waals surface area contributed by atoms with Gasteiger partial charge in [-0.3, -0.25) is 0 Å². The molecule has 0 aliphatic rings. The van der Waals surface area contributed by atoms with Gasteiger partial charge in [0.1, 0.15) is 0 Å². The number of aliphatic hydroxyl groups is 1. The largest absolute Gasteiger partial charge is 0.395 e. The van der Waals surface area contributed by atoms with Gasteiger partial charge in [0, 0.05) is 19.1 Å². The topological polar surface area (TPSA) is 35.5 Å². The molecule has 0 aliphatic carbocycles. The van der Waals surface area contributed by atoms with Gasteiger partial charge in [-0.2, -0.15) is 0 Å². The first-order valence-corrected chi connectivity index (χ1v) is 6.19. The van der Waals surface area contributed by atoms with Crippen LogP contribution in [0.5, 0.6) is 0 Å². The summed E-state index contributed by atoms with van der Waals surface area (Å²) < 4.78 is 0. The summed E-state index contributed by atoms with van der Waals surface area (Å²) in [6.45, 7) is 4.20. The Hall–Kier alpha value is -0.900. The van der Waals surface area contributed by atoms with Crippen LogP contribution in [-0.4, -0.2) is 49.8 Å². The Kier molecular flexibility index (Phi) is 6.19. The average Bonchev–Trinajstić information content (AvgIpc) is 2.34. The molecule has 0 saturated heterocycles. The molecule has 1 aromatic rings. The number of likely N-dealkylation sites (N-methyl/N-ethyl adjacent to an activating group) is 1. The first-order valence-electron chi connectivity index (χ1n) is 6.19. The Balaban J connectivity index is 2.49. The Labute approximate surface area is 104 Å². The van der Waals surface area contributed by atoms with E-state index in [0.29, 0.717) is 5.92 Å². The van der Waals surface area contributed by atoms with Crippen LogP contribution in [0.2, 0.25) is 0 Å². The Bertz CT molecular complexity index is 300. The zero-order chi connectivity index (χ0) is 12.7. The van der Waals surface area contributed by atoms with Crippen molar-refractivity contribution >= 4 is 0 Å². The van der Waals surface area contributed by atoms with E-state index >= 15 is 0 Å². The SMILES string of the molecule is CC(c1ccccc1)C(CO)NCCN(C)C. The van der Waals surface area contributed by atoms with Gasteiger partial charge in [-0.25, -0.2) is 0 Å². The third-order valence-corrected chi connectivity index (χ3v) is 3.09. The molecule has 3 heteroatoms. The lowest BCUT2D eigenvalue weighted by atomic mass is 9.94. The van der Waals surface area contributed by atoms with Crippen molar-refractivity contribution in [1.29, 1.82) is 0 Å². The number of nitrogens with one attached hydrogen (secondary N) is 1. The smallest absolute Gasteiger partial charge is 0.0590 e. The Morgan fingerprint density at radius 2 is 1.88 bits per heavy atom. The minimum atomic E-state index is 0.123. The molecule has 0 saturated carbocycles. The summed E-state index contributed by atoms with van der Waals surface area (Å²) in [4.78, 5) is 2.13. The fraction of sp³-hybridized carbons (Fsp3) is 0.571. The molecular weight excluding hydrogens is 212 g/mol. The van der Waals surface area contributed by atoms with Crippen molar-refractivity contribution in [2.45, 2.75) is 18.9 Å². The number of benzene rings is 1. The van der Waals surface area contributed by atoms with Gasteiger partial charge in [-0.1, -0.05) is 37.3 Å².